The first-order valence-corrected chi connectivity index (χ1v) is 12.3. The lowest BCUT2D eigenvalue weighted by atomic mass is 9.68. The van der Waals surface area contributed by atoms with E-state index in [1.54, 1.807) is 0 Å². The normalized spacial score (nSPS) is 28.3. The van der Waals surface area contributed by atoms with Gasteiger partial charge < -0.3 is 14.6 Å². The van der Waals surface area contributed by atoms with Crippen LogP contribution in [0.25, 0.3) is 0 Å². The minimum atomic E-state index is -0.240. The summed E-state index contributed by atoms with van der Waals surface area (Å²) in [5.41, 5.74) is 2.54. The van der Waals surface area contributed by atoms with Crippen LogP contribution in [0.3, 0.4) is 0 Å². The average molecular weight is 450 g/mol. The van der Waals surface area contributed by atoms with Crippen molar-refractivity contribution in [2.24, 2.45) is 5.41 Å². The number of hydrogen-bond acceptors (Lipinski definition) is 4. The highest BCUT2D eigenvalue weighted by Gasteiger charge is 2.46. The Morgan fingerprint density at radius 3 is 2.64 bits per heavy atom. The van der Waals surface area contributed by atoms with Gasteiger partial charge in [0.05, 0.1) is 11.3 Å². The summed E-state index contributed by atoms with van der Waals surface area (Å²) in [6, 6.07) is 10.8. The molecule has 5 rings (SSSR count). The van der Waals surface area contributed by atoms with Crippen molar-refractivity contribution in [2.75, 3.05) is 6.61 Å². The Labute approximate surface area is 195 Å². The predicted molar refractivity (Wildman–Crippen MR) is 127 cm³/mol. The van der Waals surface area contributed by atoms with E-state index in [4.69, 9.17) is 4.74 Å². The molecule has 2 fully saturated rings. The number of aryl methyl sites for hydroxylation is 1. The lowest BCUT2D eigenvalue weighted by molar-refractivity contribution is -0.144. The first kappa shape index (κ1) is 22.3. The fourth-order valence-electron chi connectivity index (χ4n) is 6.67. The number of amides is 1. The van der Waals surface area contributed by atoms with Gasteiger partial charge in [-0.15, -0.1) is 0 Å². The third-order valence-corrected chi connectivity index (χ3v) is 7.87. The summed E-state index contributed by atoms with van der Waals surface area (Å²) in [6.07, 6.45) is 6.42. The zero-order valence-electron chi connectivity index (χ0n) is 20.0. The Morgan fingerprint density at radius 1 is 1.18 bits per heavy atom. The number of aromatic amines is 1. The van der Waals surface area contributed by atoms with Crippen LogP contribution < -0.4 is 5.56 Å². The van der Waals surface area contributed by atoms with Crippen molar-refractivity contribution in [1.82, 2.24) is 14.9 Å². The molecule has 6 nitrogen and oxygen atoms in total. The summed E-state index contributed by atoms with van der Waals surface area (Å²) in [4.78, 5) is 36.2. The number of carbonyl (C=O) groups is 1. The molecular formula is C27H35N3O3. The van der Waals surface area contributed by atoms with Crippen molar-refractivity contribution in [3.63, 3.8) is 0 Å². The molecule has 0 spiro atoms. The summed E-state index contributed by atoms with van der Waals surface area (Å²) in [5, 5.41) is 0. The van der Waals surface area contributed by atoms with E-state index in [9.17, 15) is 9.59 Å². The number of ether oxygens (including phenoxy) is 1. The van der Waals surface area contributed by atoms with Crippen LogP contribution in [-0.4, -0.2) is 45.1 Å². The molecule has 3 aliphatic rings. The van der Waals surface area contributed by atoms with Crippen LogP contribution in [0.4, 0.5) is 0 Å². The molecule has 1 amide bonds. The first-order valence-electron chi connectivity index (χ1n) is 12.3. The molecule has 176 valence electrons. The lowest BCUT2D eigenvalue weighted by Gasteiger charge is -2.46. The number of nitrogens with one attached hydrogen (secondary N) is 1. The summed E-state index contributed by atoms with van der Waals surface area (Å²) >= 11 is 0. The molecule has 0 radical (unpaired) electrons. The monoisotopic (exact) mass is 449 g/mol. The van der Waals surface area contributed by atoms with Gasteiger partial charge in [-0.05, 0) is 63.9 Å². The third kappa shape index (κ3) is 4.50. The van der Waals surface area contributed by atoms with Crippen molar-refractivity contribution < 1.29 is 9.53 Å². The molecule has 0 unspecified atom stereocenters. The van der Waals surface area contributed by atoms with Crippen LogP contribution in [0.2, 0.25) is 0 Å². The van der Waals surface area contributed by atoms with Crippen LogP contribution in [0.1, 0.15) is 68.6 Å². The van der Waals surface area contributed by atoms with Crippen molar-refractivity contribution in [1.29, 1.82) is 0 Å². The number of carbonyl (C=O) groups excluding carboxylic acids is 1. The Morgan fingerprint density at radius 2 is 1.91 bits per heavy atom. The number of fused-ring (bicyclic) bond motifs is 3. The second-order valence-electron chi connectivity index (χ2n) is 11.0. The second kappa shape index (κ2) is 8.39. The molecule has 2 bridgehead atoms. The largest absolute Gasteiger partial charge is 0.376 e. The molecule has 3 aliphatic heterocycles. The minimum absolute atomic E-state index is 0.0378. The smallest absolute Gasteiger partial charge is 0.254 e. The minimum Gasteiger partial charge on any atom is -0.376 e. The molecule has 0 saturated carbocycles. The standard InChI is InChI=1S/C27H35N3O3/c1-18-28-23-14-21-10-9-20(13-22(23)25(32)29-18)30(21)24(31)16-27(11-12-33-26(2,3)17-27)15-19-7-5-4-6-8-19/h4-8,20-21H,9-17H2,1-3H3,(H,28,29,32)/t20-,21-,27-/m1/s1. The maximum atomic E-state index is 14.0. The van der Waals surface area contributed by atoms with Gasteiger partial charge in [-0.3, -0.25) is 9.59 Å². The van der Waals surface area contributed by atoms with E-state index in [2.05, 4.69) is 53.0 Å². The van der Waals surface area contributed by atoms with Crippen molar-refractivity contribution >= 4 is 5.91 Å². The maximum absolute atomic E-state index is 14.0. The number of benzene rings is 1. The van der Waals surface area contributed by atoms with Gasteiger partial charge in [0.2, 0.25) is 5.91 Å². The molecule has 1 N–H and O–H groups in total. The van der Waals surface area contributed by atoms with E-state index in [-0.39, 0.29) is 34.6 Å². The van der Waals surface area contributed by atoms with Crippen molar-refractivity contribution in [3.05, 3.63) is 63.3 Å². The van der Waals surface area contributed by atoms with E-state index >= 15 is 0 Å². The fraction of sp³-hybridized carbons (Fsp3) is 0.593. The van der Waals surface area contributed by atoms with Gasteiger partial charge in [0.25, 0.3) is 5.56 Å². The van der Waals surface area contributed by atoms with E-state index < -0.39 is 0 Å². The van der Waals surface area contributed by atoms with Gasteiger partial charge in [0.15, 0.2) is 0 Å². The average Bonchev–Trinajstić information content (AvgIpc) is 3.03. The molecule has 33 heavy (non-hydrogen) atoms. The summed E-state index contributed by atoms with van der Waals surface area (Å²) in [6.45, 7) is 6.80. The molecule has 1 aromatic heterocycles. The maximum Gasteiger partial charge on any atom is 0.254 e. The van der Waals surface area contributed by atoms with Crippen molar-refractivity contribution in [3.8, 4) is 0 Å². The number of H-pyrrole nitrogens is 1. The molecule has 1 aromatic carbocycles. The van der Waals surface area contributed by atoms with Crippen LogP contribution in [0.5, 0.6) is 0 Å². The number of rotatable bonds is 4. The summed E-state index contributed by atoms with van der Waals surface area (Å²) < 4.78 is 6.06. The molecule has 6 heteroatoms. The molecule has 2 aromatic rings. The van der Waals surface area contributed by atoms with Gasteiger partial charge >= 0.3 is 0 Å². The van der Waals surface area contributed by atoms with Crippen LogP contribution in [0.15, 0.2) is 35.1 Å². The van der Waals surface area contributed by atoms with E-state index in [0.29, 0.717) is 31.7 Å². The highest BCUT2D eigenvalue weighted by Crippen LogP contribution is 2.45. The molecule has 4 heterocycles. The highest BCUT2D eigenvalue weighted by atomic mass is 16.5. The van der Waals surface area contributed by atoms with Gasteiger partial charge in [-0.2, -0.15) is 0 Å². The molecular weight excluding hydrogens is 414 g/mol. The van der Waals surface area contributed by atoms with Crippen LogP contribution >= 0.6 is 0 Å². The zero-order valence-corrected chi connectivity index (χ0v) is 20.0. The number of nitrogens with zero attached hydrogens (tertiary/aromatic N) is 2. The van der Waals surface area contributed by atoms with E-state index in [1.165, 1.54) is 5.56 Å². The summed E-state index contributed by atoms with van der Waals surface area (Å²) in [7, 11) is 0. The van der Waals surface area contributed by atoms with Gasteiger partial charge in [0.1, 0.15) is 5.82 Å². The third-order valence-electron chi connectivity index (χ3n) is 7.87. The molecule has 2 saturated heterocycles. The Hall–Kier alpha value is -2.47. The Balaban J connectivity index is 1.42. The van der Waals surface area contributed by atoms with E-state index in [0.717, 1.165) is 43.4 Å². The van der Waals surface area contributed by atoms with Crippen molar-refractivity contribution in [2.45, 2.75) is 89.8 Å². The highest BCUT2D eigenvalue weighted by molar-refractivity contribution is 5.78. The van der Waals surface area contributed by atoms with Crippen LogP contribution in [0, 0.1) is 12.3 Å². The Bertz CT molecular complexity index is 1090. The lowest BCUT2D eigenvalue weighted by Crippen LogP contribution is -2.48. The fourth-order valence-corrected chi connectivity index (χ4v) is 6.67. The topological polar surface area (TPSA) is 75.3 Å². The molecule has 0 aliphatic carbocycles. The van der Waals surface area contributed by atoms with Gasteiger partial charge in [-0.25, -0.2) is 4.98 Å². The second-order valence-corrected chi connectivity index (χ2v) is 11.0. The Kier molecular flexibility index (Phi) is 5.68. The van der Waals surface area contributed by atoms with E-state index in [1.807, 2.05) is 13.0 Å². The quantitative estimate of drug-likeness (QED) is 0.772. The van der Waals surface area contributed by atoms with Crippen LogP contribution in [-0.2, 0) is 28.8 Å². The first-order chi connectivity index (χ1) is 15.7. The summed E-state index contributed by atoms with van der Waals surface area (Å²) in [5.74, 6) is 0.887. The van der Waals surface area contributed by atoms with Gasteiger partial charge in [0, 0.05) is 43.5 Å². The number of aromatic nitrogens is 2. The van der Waals surface area contributed by atoms with Gasteiger partial charge in [-0.1, -0.05) is 30.3 Å². The number of hydrogen-bond donors (Lipinski definition) is 1. The SMILES string of the molecule is Cc1nc2c(c(=O)[nH]1)C[C@H]1CC[C@H](C2)N1C(=O)C[C@]1(Cc2ccccc2)CCOC(C)(C)C1. The zero-order chi connectivity index (χ0) is 23.2. The molecule has 3 atom stereocenters. The predicted octanol–water partition coefficient (Wildman–Crippen LogP) is 3.74.